The standard InChI is InChI=1S/C35H63N3O13/c1-34(2,3)50-32(44)14-12-10-8-7-9-11-13-29(40)38-27(33(45)51-35(4,5)6)15-16-28(39)36-17-19-46-21-23-48-25-30(41)37-18-20-47-22-24-49-26-31(42)43/h27H,7-26H2,1-6H3,(H,36,39)(H,37,41)(H,38,40)(H,42,43)/t27-/m0/s1. The van der Waals surface area contributed by atoms with Crippen molar-refractivity contribution in [3.8, 4) is 0 Å². The van der Waals surface area contributed by atoms with E-state index in [9.17, 15) is 28.8 Å². The summed E-state index contributed by atoms with van der Waals surface area (Å²) in [4.78, 5) is 71.7. The van der Waals surface area contributed by atoms with Gasteiger partial charge in [0.25, 0.3) is 0 Å². The van der Waals surface area contributed by atoms with E-state index in [2.05, 4.69) is 16.0 Å². The summed E-state index contributed by atoms with van der Waals surface area (Å²) in [7, 11) is 0. The molecule has 0 aliphatic heterocycles. The van der Waals surface area contributed by atoms with Crippen LogP contribution in [0.5, 0.6) is 0 Å². The van der Waals surface area contributed by atoms with E-state index in [0.29, 0.717) is 12.8 Å². The van der Waals surface area contributed by atoms with Gasteiger partial charge in [-0.25, -0.2) is 9.59 Å². The molecular weight excluding hydrogens is 670 g/mol. The highest BCUT2D eigenvalue weighted by molar-refractivity contribution is 5.85. The Kier molecular flexibility index (Phi) is 26.4. The van der Waals surface area contributed by atoms with Crippen LogP contribution in [0.15, 0.2) is 0 Å². The van der Waals surface area contributed by atoms with Gasteiger partial charge in [0.05, 0.1) is 39.6 Å². The highest BCUT2D eigenvalue weighted by atomic mass is 16.6. The molecule has 0 bridgehead atoms. The molecule has 51 heavy (non-hydrogen) atoms. The molecule has 296 valence electrons. The summed E-state index contributed by atoms with van der Waals surface area (Å²) in [6.07, 6.45) is 5.78. The summed E-state index contributed by atoms with van der Waals surface area (Å²) in [5, 5.41) is 16.5. The highest BCUT2D eigenvalue weighted by Crippen LogP contribution is 2.14. The Morgan fingerprint density at radius 2 is 1.04 bits per heavy atom. The fourth-order valence-corrected chi connectivity index (χ4v) is 4.25. The Bertz CT molecular complexity index is 1030. The summed E-state index contributed by atoms with van der Waals surface area (Å²) >= 11 is 0. The number of aliphatic carboxylic acids is 1. The quantitative estimate of drug-likeness (QED) is 0.0618. The van der Waals surface area contributed by atoms with Crippen molar-refractivity contribution in [2.75, 3.05) is 65.9 Å². The normalized spacial score (nSPS) is 12.1. The number of carboxylic acids is 1. The number of ether oxygens (including phenoxy) is 6. The number of carbonyl (C=O) groups excluding carboxylic acids is 5. The molecule has 16 heteroatoms. The van der Waals surface area contributed by atoms with Gasteiger partial charge in [0.1, 0.15) is 30.5 Å². The van der Waals surface area contributed by atoms with E-state index in [4.69, 9.17) is 33.5 Å². The topological polar surface area (TPSA) is 214 Å². The third-order valence-corrected chi connectivity index (χ3v) is 6.48. The summed E-state index contributed by atoms with van der Waals surface area (Å²) in [5.74, 6) is -2.75. The van der Waals surface area contributed by atoms with Crippen LogP contribution in [0.2, 0.25) is 0 Å². The van der Waals surface area contributed by atoms with Crippen molar-refractivity contribution in [1.29, 1.82) is 0 Å². The summed E-state index contributed by atoms with van der Waals surface area (Å²) in [6, 6.07) is -0.960. The number of hydrogen-bond acceptors (Lipinski definition) is 12. The van der Waals surface area contributed by atoms with Crippen molar-refractivity contribution < 1.29 is 62.3 Å². The predicted molar refractivity (Wildman–Crippen MR) is 187 cm³/mol. The number of carboxylic acid groups (broad SMARTS) is 1. The average Bonchev–Trinajstić information content (AvgIpc) is 3.01. The van der Waals surface area contributed by atoms with E-state index in [-0.39, 0.29) is 109 Å². The van der Waals surface area contributed by atoms with Crippen molar-refractivity contribution in [1.82, 2.24) is 16.0 Å². The lowest BCUT2D eigenvalue weighted by Crippen LogP contribution is -2.44. The maximum absolute atomic E-state index is 12.8. The zero-order valence-corrected chi connectivity index (χ0v) is 31.6. The zero-order valence-electron chi connectivity index (χ0n) is 31.6. The van der Waals surface area contributed by atoms with E-state index in [1.807, 2.05) is 20.8 Å². The van der Waals surface area contributed by atoms with Gasteiger partial charge in [-0.1, -0.05) is 25.7 Å². The minimum Gasteiger partial charge on any atom is -0.480 e. The molecule has 0 spiro atoms. The molecule has 0 unspecified atom stereocenters. The third kappa shape index (κ3) is 33.6. The maximum atomic E-state index is 12.8. The van der Waals surface area contributed by atoms with Gasteiger partial charge in [-0.2, -0.15) is 0 Å². The van der Waals surface area contributed by atoms with Crippen LogP contribution in [0.25, 0.3) is 0 Å². The van der Waals surface area contributed by atoms with Gasteiger partial charge in [0.15, 0.2) is 0 Å². The molecule has 0 radical (unpaired) electrons. The van der Waals surface area contributed by atoms with Crippen LogP contribution < -0.4 is 16.0 Å². The van der Waals surface area contributed by atoms with Gasteiger partial charge in [0.2, 0.25) is 17.7 Å². The Morgan fingerprint density at radius 1 is 0.549 bits per heavy atom. The second-order valence-electron chi connectivity index (χ2n) is 13.8. The number of esters is 2. The lowest BCUT2D eigenvalue weighted by molar-refractivity contribution is -0.159. The van der Waals surface area contributed by atoms with Gasteiger partial charge >= 0.3 is 17.9 Å². The van der Waals surface area contributed by atoms with Crippen molar-refractivity contribution in [3.63, 3.8) is 0 Å². The van der Waals surface area contributed by atoms with Gasteiger partial charge in [-0.3, -0.25) is 19.2 Å². The third-order valence-electron chi connectivity index (χ3n) is 6.48. The van der Waals surface area contributed by atoms with Crippen molar-refractivity contribution in [2.45, 2.75) is 123 Å². The van der Waals surface area contributed by atoms with Gasteiger partial charge in [-0.05, 0) is 60.8 Å². The van der Waals surface area contributed by atoms with Gasteiger partial charge in [0, 0.05) is 32.4 Å². The van der Waals surface area contributed by atoms with Crippen LogP contribution in [-0.4, -0.2) is 124 Å². The highest BCUT2D eigenvalue weighted by Gasteiger charge is 2.27. The number of rotatable bonds is 30. The van der Waals surface area contributed by atoms with Crippen LogP contribution in [0, 0.1) is 0 Å². The minimum atomic E-state index is -1.05. The van der Waals surface area contributed by atoms with Crippen molar-refractivity contribution >= 4 is 35.6 Å². The maximum Gasteiger partial charge on any atom is 0.329 e. The van der Waals surface area contributed by atoms with Gasteiger partial charge in [-0.15, -0.1) is 0 Å². The number of hydrogen-bond donors (Lipinski definition) is 4. The molecule has 16 nitrogen and oxygen atoms in total. The Hall–Kier alpha value is -3.34. The fourth-order valence-electron chi connectivity index (χ4n) is 4.25. The molecule has 0 heterocycles. The van der Waals surface area contributed by atoms with Crippen LogP contribution in [0.1, 0.15) is 106 Å². The van der Waals surface area contributed by atoms with Crippen molar-refractivity contribution in [2.24, 2.45) is 0 Å². The van der Waals surface area contributed by atoms with E-state index in [1.54, 1.807) is 20.8 Å². The average molecular weight is 734 g/mol. The number of amides is 3. The molecule has 0 saturated carbocycles. The molecule has 0 aromatic heterocycles. The monoisotopic (exact) mass is 733 g/mol. The molecule has 0 rings (SSSR count). The molecule has 0 saturated heterocycles. The van der Waals surface area contributed by atoms with E-state index < -0.39 is 29.2 Å². The Labute approximate surface area is 302 Å². The number of nitrogens with one attached hydrogen (secondary N) is 3. The van der Waals surface area contributed by atoms with E-state index in [0.717, 1.165) is 32.1 Å². The second kappa shape index (κ2) is 28.3. The Balaban J connectivity index is 4.13. The van der Waals surface area contributed by atoms with Crippen LogP contribution >= 0.6 is 0 Å². The second-order valence-corrected chi connectivity index (χ2v) is 13.8. The largest absolute Gasteiger partial charge is 0.480 e. The molecule has 3 amide bonds. The van der Waals surface area contributed by atoms with Crippen molar-refractivity contribution in [3.05, 3.63) is 0 Å². The summed E-state index contributed by atoms with van der Waals surface area (Å²) < 4.78 is 31.4. The zero-order chi connectivity index (χ0) is 38.5. The summed E-state index contributed by atoms with van der Waals surface area (Å²) in [5.41, 5.74) is -1.23. The van der Waals surface area contributed by atoms with E-state index in [1.165, 1.54) is 0 Å². The molecule has 0 aliphatic rings. The molecule has 0 aromatic carbocycles. The predicted octanol–water partition coefficient (Wildman–Crippen LogP) is 2.44. The molecule has 0 aliphatic carbocycles. The first kappa shape index (κ1) is 47.7. The lowest BCUT2D eigenvalue weighted by Gasteiger charge is -2.24. The lowest BCUT2D eigenvalue weighted by atomic mass is 10.1. The Morgan fingerprint density at radius 3 is 1.59 bits per heavy atom. The SMILES string of the molecule is CC(C)(C)OC(=O)CCCCCCCCC(=O)N[C@@H](CCC(=O)NCCOCCOCC(=O)NCCOCCOCC(=O)O)C(=O)OC(C)(C)C. The van der Waals surface area contributed by atoms with Gasteiger partial charge < -0.3 is 49.5 Å². The molecule has 0 fully saturated rings. The molecule has 1 atom stereocenters. The van der Waals surface area contributed by atoms with Crippen LogP contribution in [0.4, 0.5) is 0 Å². The van der Waals surface area contributed by atoms with E-state index >= 15 is 0 Å². The fraction of sp³-hybridized carbons (Fsp3) is 0.829. The van der Waals surface area contributed by atoms with Crippen LogP contribution in [-0.2, 0) is 57.2 Å². The summed E-state index contributed by atoms with van der Waals surface area (Å²) in [6.45, 7) is 11.9. The first-order valence-electron chi connectivity index (χ1n) is 17.8. The molecule has 0 aromatic rings. The first-order valence-corrected chi connectivity index (χ1v) is 17.8. The number of carbonyl (C=O) groups is 6. The van der Waals surface area contributed by atoms with Crippen LogP contribution in [0.3, 0.4) is 0 Å². The molecular formula is C35H63N3O13. The molecule has 4 N–H and O–H groups in total. The number of unbranched alkanes of at least 4 members (excludes halogenated alkanes) is 5. The smallest absolute Gasteiger partial charge is 0.329 e. The first-order chi connectivity index (χ1) is 24.0. The minimum absolute atomic E-state index is 0.00471.